The number of aliphatic hydroxyl groups is 1. The van der Waals surface area contributed by atoms with Crippen LogP contribution in [-0.4, -0.2) is 52.3 Å². The summed E-state index contributed by atoms with van der Waals surface area (Å²) in [7, 11) is 0. The molecule has 0 aromatic carbocycles. The number of fused-ring (bicyclic) bond motifs is 1. The first-order chi connectivity index (χ1) is 9.86. The highest BCUT2D eigenvalue weighted by atomic mass is 16.3. The van der Waals surface area contributed by atoms with Crippen molar-refractivity contribution in [2.45, 2.75) is 25.4 Å². The van der Waals surface area contributed by atoms with Gasteiger partial charge in [-0.1, -0.05) is 0 Å². The molecule has 2 aromatic rings. The molecule has 108 valence electrons. The summed E-state index contributed by atoms with van der Waals surface area (Å²) >= 11 is 0. The van der Waals surface area contributed by atoms with Crippen molar-refractivity contribution in [3.05, 3.63) is 30.1 Å². The molecular weight excluding hydrogens is 252 g/mol. The quantitative estimate of drug-likeness (QED) is 0.738. The zero-order chi connectivity index (χ0) is 13.8. The van der Waals surface area contributed by atoms with E-state index in [4.69, 9.17) is 0 Å². The average molecular weight is 274 g/mol. The third kappa shape index (κ3) is 3.00. The van der Waals surface area contributed by atoms with Gasteiger partial charge in [0.15, 0.2) is 0 Å². The Labute approximate surface area is 119 Å². The fourth-order valence-corrected chi connectivity index (χ4v) is 2.98. The summed E-state index contributed by atoms with van der Waals surface area (Å²) < 4.78 is 0. The first-order valence-corrected chi connectivity index (χ1v) is 7.34. The Kier molecular flexibility index (Phi) is 4.30. The molecule has 0 amide bonds. The molecule has 1 unspecified atom stereocenters. The molecule has 1 saturated heterocycles. The standard InChI is InChI=1S/C15H22N4O/c20-8-7-19(11-13-3-1-5-16-13)10-12-9-18-15-14(12)4-2-6-17-15/h2,4,6,9,13,16,20H,1,3,5,7-8,10-11H2,(H,17,18). The largest absolute Gasteiger partial charge is 0.395 e. The van der Waals surface area contributed by atoms with Gasteiger partial charge in [0.1, 0.15) is 5.65 Å². The molecule has 2 aromatic heterocycles. The highest BCUT2D eigenvalue weighted by molar-refractivity contribution is 5.79. The van der Waals surface area contributed by atoms with Gasteiger partial charge >= 0.3 is 0 Å². The lowest BCUT2D eigenvalue weighted by Gasteiger charge is -2.24. The summed E-state index contributed by atoms with van der Waals surface area (Å²) in [4.78, 5) is 9.85. The minimum atomic E-state index is 0.202. The van der Waals surface area contributed by atoms with Crippen LogP contribution in [0.1, 0.15) is 18.4 Å². The number of hydrogen-bond acceptors (Lipinski definition) is 4. The van der Waals surface area contributed by atoms with E-state index >= 15 is 0 Å². The molecule has 1 aliphatic heterocycles. The van der Waals surface area contributed by atoms with Crippen molar-refractivity contribution in [2.24, 2.45) is 0 Å². The maximum atomic E-state index is 9.27. The Morgan fingerprint density at radius 1 is 1.45 bits per heavy atom. The Morgan fingerprint density at radius 3 is 3.20 bits per heavy atom. The molecule has 1 atom stereocenters. The monoisotopic (exact) mass is 274 g/mol. The first kappa shape index (κ1) is 13.5. The smallest absolute Gasteiger partial charge is 0.137 e. The molecular formula is C15H22N4O. The molecule has 3 rings (SSSR count). The second-order valence-corrected chi connectivity index (χ2v) is 5.47. The zero-order valence-electron chi connectivity index (χ0n) is 11.7. The van der Waals surface area contributed by atoms with Crippen LogP contribution in [0, 0.1) is 0 Å². The van der Waals surface area contributed by atoms with E-state index in [0.717, 1.165) is 25.3 Å². The molecule has 0 bridgehead atoms. The summed E-state index contributed by atoms with van der Waals surface area (Å²) in [5.41, 5.74) is 2.19. The van der Waals surface area contributed by atoms with Crippen LogP contribution in [0.25, 0.3) is 11.0 Å². The van der Waals surface area contributed by atoms with Gasteiger partial charge in [0, 0.05) is 43.5 Å². The van der Waals surface area contributed by atoms with Gasteiger partial charge in [0.25, 0.3) is 0 Å². The molecule has 0 spiro atoms. The number of aromatic nitrogens is 2. The van der Waals surface area contributed by atoms with E-state index in [0.29, 0.717) is 12.6 Å². The highest BCUT2D eigenvalue weighted by Crippen LogP contribution is 2.18. The van der Waals surface area contributed by atoms with E-state index in [-0.39, 0.29) is 6.61 Å². The summed E-state index contributed by atoms with van der Waals surface area (Å²) in [6.07, 6.45) is 6.33. The number of rotatable bonds is 6. The van der Waals surface area contributed by atoms with Crippen LogP contribution < -0.4 is 5.32 Å². The van der Waals surface area contributed by atoms with Crippen LogP contribution in [0.2, 0.25) is 0 Å². The maximum absolute atomic E-state index is 9.27. The van der Waals surface area contributed by atoms with Gasteiger partial charge in [-0.25, -0.2) is 4.98 Å². The predicted octanol–water partition coefficient (Wildman–Crippen LogP) is 1.11. The number of H-pyrrole nitrogens is 1. The van der Waals surface area contributed by atoms with Gasteiger partial charge in [-0.3, -0.25) is 4.90 Å². The van der Waals surface area contributed by atoms with Crippen molar-refractivity contribution < 1.29 is 5.11 Å². The number of nitrogens with one attached hydrogen (secondary N) is 2. The summed E-state index contributed by atoms with van der Waals surface area (Å²) in [6, 6.07) is 4.62. The highest BCUT2D eigenvalue weighted by Gasteiger charge is 2.18. The predicted molar refractivity (Wildman–Crippen MR) is 79.5 cm³/mol. The fraction of sp³-hybridized carbons (Fsp3) is 0.533. The summed E-state index contributed by atoms with van der Waals surface area (Å²) in [5.74, 6) is 0. The molecule has 5 nitrogen and oxygen atoms in total. The van der Waals surface area contributed by atoms with E-state index in [1.54, 1.807) is 6.20 Å². The SMILES string of the molecule is OCCN(Cc1c[nH]c2ncccc12)CC1CCCN1. The third-order valence-corrected chi connectivity index (χ3v) is 3.99. The van der Waals surface area contributed by atoms with Crippen LogP contribution in [0.15, 0.2) is 24.5 Å². The molecule has 3 heterocycles. The third-order valence-electron chi connectivity index (χ3n) is 3.99. The molecule has 0 aliphatic carbocycles. The Balaban J connectivity index is 1.71. The Morgan fingerprint density at radius 2 is 2.40 bits per heavy atom. The first-order valence-electron chi connectivity index (χ1n) is 7.34. The lowest BCUT2D eigenvalue weighted by molar-refractivity contribution is 0.179. The lowest BCUT2D eigenvalue weighted by atomic mass is 10.1. The topological polar surface area (TPSA) is 64.2 Å². The van der Waals surface area contributed by atoms with Crippen molar-refractivity contribution in [1.29, 1.82) is 0 Å². The molecule has 0 saturated carbocycles. The number of aliphatic hydroxyl groups excluding tert-OH is 1. The molecule has 1 fully saturated rings. The van der Waals surface area contributed by atoms with Gasteiger partial charge < -0.3 is 15.4 Å². The van der Waals surface area contributed by atoms with Gasteiger partial charge in [-0.15, -0.1) is 0 Å². The number of nitrogens with zero attached hydrogens (tertiary/aromatic N) is 2. The molecule has 3 N–H and O–H groups in total. The van der Waals surface area contributed by atoms with Gasteiger partial charge in [-0.05, 0) is 37.1 Å². The van der Waals surface area contributed by atoms with Gasteiger partial charge in [0.05, 0.1) is 6.61 Å². The maximum Gasteiger partial charge on any atom is 0.137 e. The summed E-state index contributed by atoms with van der Waals surface area (Å²) in [6.45, 7) is 3.88. The minimum Gasteiger partial charge on any atom is -0.395 e. The van der Waals surface area contributed by atoms with E-state index in [9.17, 15) is 5.11 Å². The van der Waals surface area contributed by atoms with Crippen molar-refractivity contribution in [2.75, 3.05) is 26.2 Å². The van der Waals surface area contributed by atoms with Gasteiger partial charge in [-0.2, -0.15) is 0 Å². The van der Waals surface area contributed by atoms with Gasteiger partial charge in [0.2, 0.25) is 0 Å². The summed E-state index contributed by atoms with van der Waals surface area (Å²) in [5, 5.41) is 14.0. The molecule has 1 aliphatic rings. The fourth-order valence-electron chi connectivity index (χ4n) is 2.98. The number of aromatic amines is 1. The minimum absolute atomic E-state index is 0.202. The number of hydrogen-bond donors (Lipinski definition) is 3. The molecule has 20 heavy (non-hydrogen) atoms. The van der Waals surface area contributed by atoms with Crippen LogP contribution >= 0.6 is 0 Å². The van der Waals surface area contributed by atoms with E-state index < -0.39 is 0 Å². The normalized spacial score (nSPS) is 19.2. The van der Waals surface area contributed by atoms with E-state index in [1.807, 2.05) is 12.3 Å². The number of pyridine rings is 1. The van der Waals surface area contributed by atoms with E-state index in [2.05, 4.69) is 26.3 Å². The van der Waals surface area contributed by atoms with Crippen LogP contribution in [0.4, 0.5) is 0 Å². The van der Waals surface area contributed by atoms with Crippen LogP contribution in [0.5, 0.6) is 0 Å². The lowest BCUT2D eigenvalue weighted by Crippen LogP contribution is -2.38. The van der Waals surface area contributed by atoms with Crippen molar-refractivity contribution >= 4 is 11.0 Å². The van der Waals surface area contributed by atoms with Crippen molar-refractivity contribution in [3.63, 3.8) is 0 Å². The second kappa shape index (κ2) is 6.35. The Bertz CT molecular complexity index is 548. The van der Waals surface area contributed by atoms with Crippen molar-refractivity contribution in [1.82, 2.24) is 20.2 Å². The zero-order valence-corrected chi connectivity index (χ0v) is 11.7. The average Bonchev–Trinajstić information content (AvgIpc) is 3.10. The van der Waals surface area contributed by atoms with Crippen LogP contribution in [0.3, 0.4) is 0 Å². The van der Waals surface area contributed by atoms with Crippen molar-refractivity contribution in [3.8, 4) is 0 Å². The molecule has 5 heteroatoms. The second-order valence-electron chi connectivity index (χ2n) is 5.47. The van der Waals surface area contributed by atoms with Crippen LogP contribution in [-0.2, 0) is 6.54 Å². The molecule has 0 radical (unpaired) electrons. The van der Waals surface area contributed by atoms with E-state index in [1.165, 1.54) is 23.8 Å². The Hall–Kier alpha value is -1.43.